The van der Waals surface area contributed by atoms with Crippen molar-refractivity contribution in [3.63, 3.8) is 0 Å². The number of aromatic nitrogens is 1. The lowest BCUT2D eigenvalue weighted by Gasteiger charge is -2.06. The lowest BCUT2D eigenvalue weighted by Crippen LogP contribution is -2.18. The van der Waals surface area contributed by atoms with Gasteiger partial charge in [-0.2, -0.15) is 0 Å². The minimum absolute atomic E-state index is 0.523. The summed E-state index contributed by atoms with van der Waals surface area (Å²) >= 11 is 0. The maximum absolute atomic E-state index is 5.88. The van der Waals surface area contributed by atoms with Crippen LogP contribution in [0.15, 0.2) is 17.3 Å². The molecule has 82 valence electrons. The van der Waals surface area contributed by atoms with E-state index in [-0.39, 0.29) is 0 Å². The molecule has 0 aromatic carbocycles. The molecule has 0 aliphatic rings. The number of amidine groups is 1. The van der Waals surface area contributed by atoms with Gasteiger partial charge in [0.25, 0.3) is 0 Å². The first kappa shape index (κ1) is 11.7. The topological polar surface area (TPSA) is 51.3 Å². The normalized spacial score (nSPS) is 12.2. The van der Waals surface area contributed by atoms with Crippen LogP contribution in [-0.4, -0.2) is 17.4 Å². The van der Waals surface area contributed by atoms with Crippen molar-refractivity contribution >= 4 is 5.84 Å². The molecule has 0 amide bonds. The maximum atomic E-state index is 5.88. The number of rotatable bonds is 3. The number of aryl methyl sites for hydroxylation is 2. The molecule has 1 rings (SSSR count). The fraction of sp³-hybridized carbons (Fsp3) is 0.500. The average molecular weight is 205 g/mol. The Kier molecular flexibility index (Phi) is 3.83. The summed E-state index contributed by atoms with van der Waals surface area (Å²) in [5.41, 5.74) is 8.92. The highest BCUT2D eigenvalue weighted by Crippen LogP contribution is 2.06. The lowest BCUT2D eigenvalue weighted by atomic mass is 10.1. The van der Waals surface area contributed by atoms with E-state index < -0.39 is 0 Å². The number of pyridine rings is 1. The SMILES string of the molecule is Cc1cnc(C(N)=NCC(C)C)c(C)c1. The van der Waals surface area contributed by atoms with E-state index in [2.05, 4.69) is 29.9 Å². The second kappa shape index (κ2) is 4.91. The second-order valence-electron chi connectivity index (χ2n) is 4.30. The van der Waals surface area contributed by atoms with Crippen molar-refractivity contribution in [2.24, 2.45) is 16.6 Å². The summed E-state index contributed by atoms with van der Waals surface area (Å²) in [5.74, 6) is 1.07. The third-order valence-electron chi connectivity index (χ3n) is 2.08. The van der Waals surface area contributed by atoms with Gasteiger partial charge in [0.15, 0.2) is 0 Å². The Bertz CT molecular complexity index is 367. The number of hydrogen-bond acceptors (Lipinski definition) is 2. The molecule has 3 nitrogen and oxygen atoms in total. The molecular weight excluding hydrogens is 186 g/mol. The van der Waals surface area contributed by atoms with Gasteiger partial charge in [-0.3, -0.25) is 9.98 Å². The van der Waals surface area contributed by atoms with Gasteiger partial charge < -0.3 is 5.73 Å². The molecule has 0 unspecified atom stereocenters. The molecule has 3 heteroatoms. The monoisotopic (exact) mass is 205 g/mol. The Morgan fingerprint density at radius 3 is 2.67 bits per heavy atom. The van der Waals surface area contributed by atoms with Crippen LogP contribution in [0.5, 0.6) is 0 Å². The number of aliphatic imine (C=N–C) groups is 1. The average Bonchev–Trinajstić information content (AvgIpc) is 2.14. The van der Waals surface area contributed by atoms with Crippen LogP contribution in [0.1, 0.15) is 30.7 Å². The van der Waals surface area contributed by atoms with Crippen molar-refractivity contribution in [2.75, 3.05) is 6.54 Å². The van der Waals surface area contributed by atoms with E-state index in [0.717, 1.165) is 23.4 Å². The van der Waals surface area contributed by atoms with Gasteiger partial charge in [0.2, 0.25) is 0 Å². The van der Waals surface area contributed by atoms with Crippen LogP contribution in [0, 0.1) is 19.8 Å². The van der Waals surface area contributed by atoms with E-state index in [1.807, 2.05) is 20.0 Å². The first-order valence-electron chi connectivity index (χ1n) is 5.24. The summed E-state index contributed by atoms with van der Waals surface area (Å²) in [6, 6.07) is 2.07. The summed E-state index contributed by atoms with van der Waals surface area (Å²) in [5, 5.41) is 0. The zero-order chi connectivity index (χ0) is 11.4. The summed E-state index contributed by atoms with van der Waals surface area (Å²) in [7, 11) is 0. The molecule has 1 aromatic rings. The van der Waals surface area contributed by atoms with E-state index in [0.29, 0.717) is 11.8 Å². The summed E-state index contributed by atoms with van der Waals surface area (Å²) in [6.45, 7) is 9.01. The summed E-state index contributed by atoms with van der Waals surface area (Å²) < 4.78 is 0. The predicted molar refractivity (Wildman–Crippen MR) is 64.1 cm³/mol. The molecule has 2 N–H and O–H groups in total. The molecule has 0 spiro atoms. The van der Waals surface area contributed by atoms with E-state index in [4.69, 9.17) is 5.73 Å². The quantitative estimate of drug-likeness (QED) is 0.606. The fourth-order valence-corrected chi connectivity index (χ4v) is 1.34. The van der Waals surface area contributed by atoms with Gasteiger partial charge in [0.1, 0.15) is 11.5 Å². The zero-order valence-corrected chi connectivity index (χ0v) is 9.91. The van der Waals surface area contributed by atoms with Crippen molar-refractivity contribution in [2.45, 2.75) is 27.7 Å². The number of nitrogens with zero attached hydrogens (tertiary/aromatic N) is 2. The van der Waals surface area contributed by atoms with E-state index >= 15 is 0 Å². The molecule has 1 aromatic heterocycles. The molecule has 0 aliphatic heterocycles. The van der Waals surface area contributed by atoms with Gasteiger partial charge >= 0.3 is 0 Å². The van der Waals surface area contributed by atoms with Gasteiger partial charge in [0.05, 0.1) is 0 Å². The molecule has 15 heavy (non-hydrogen) atoms. The van der Waals surface area contributed by atoms with Gasteiger partial charge in [-0.05, 0) is 30.9 Å². The second-order valence-corrected chi connectivity index (χ2v) is 4.30. The Labute approximate surface area is 91.4 Å². The van der Waals surface area contributed by atoms with Gasteiger partial charge in [0, 0.05) is 12.7 Å². The molecule has 0 aliphatic carbocycles. The van der Waals surface area contributed by atoms with E-state index in [9.17, 15) is 0 Å². The van der Waals surface area contributed by atoms with Gasteiger partial charge in [-0.25, -0.2) is 0 Å². The Balaban J connectivity index is 2.91. The smallest absolute Gasteiger partial charge is 0.144 e. The zero-order valence-electron chi connectivity index (χ0n) is 9.91. The van der Waals surface area contributed by atoms with Crippen molar-refractivity contribution in [1.29, 1.82) is 0 Å². The van der Waals surface area contributed by atoms with Crippen LogP contribution in [0.2, 0.25) is 0 Å². The van der Waals surface area contributed by atoms with Gasteiger partial charge in [-0.1, -0.05) is 19.9 Å². The van der Waals surface area contributed by atoms with Crippen molar-refractivity contribution in [1.82, 2.24) is 4.98 Å². The predicted octanol–water partition coefficient (Wildman–Crippen LogP) is 2.06. The van der Waals surface area contributed by atoms with Crippen LogP contribution in [0.4, 0.5) is 0 Å². The van der Waals surface area contributed by atoms with Crippen LogP contribution in [0.3, 0.4) is 0 Å². The molecule has 0 bridgehead atoms. The summed E-state index contributed by atoms with van der Waals surface area (Å²) in [4.78, 5) is 8.62. The Hall–Kier alpha value is -1.38. The Morgan fingerprint density at radius 2 is 2.13 bits per heavy atom. The molecule has 0 atom stereocenters. The van der Waals surface area contributed by atoms with Crippen LogP contribution in [0.25, 0.3) is 0 Å². The fourth-order valence-electron chi connectivity index (χ4n) is 1.34. The highest BCUT2D eigenvalue weighted by Gasteiger charge is 2.04. The molecule has 0 saturated heterocycles. The minimum Gasteiger partial charge on any atom is -0.382 e. The number of hydrogen-bond donors (Lipinski definition) is 1. The standard InChI is InChI=1S/C12H19N3/c1-8(2)6-15-12(13)11-10(4)5-9(3)7-14-11/h5,7-8H,6H2,1-4H3,(H2,13,15). The first-order chi connectivity index (χ1) is 7.00. The first-order valence-corrected chi connectivity index (χ1v) is 5.24. The third kappa shape index (κ3) is 3.35. The van der Waals surface area contributed by atoms with Crippen molar-refractivity contribution in [3.05, 3.63) is 29.1 Å². The summed E-state index contributed by atoms with van der Waals surface area (Å²) in [6.07, 6.45) is 1.82. The van der Waals surface area contributed by atoms with Gasteiger partial charge in [-0.15, -0.1) is 0 Å². The van der Waals surface area contributed by atoms with Crippen molar-refractivity contribution in [3.8, 4) is 0 Å². The molecule has 1 heterocycles. The third-order valence-corrected chi connectivity index (χ3v) is 2.08. The highest BCUT2D eigenvalue weighted by molar-refractivity contribution is 5.96. The number of nitrogens with two attached hydrogens (primary N) is 1. The largest absolute Gasteiger partial charge is 0.382 e. The van der Waals surface area contributed by atoms with E-state index in [1.54, 1.807) is 0 Å². The maximum Gasteiger partial charge on any atom is 0.144 e. The molecular formula is C12H19N3. The highest BCUT2D eigenvalue weighted by atomic mass is 14.9. The molecule has 0 radical (unpaired) electrons. The van der Waals surface area contributed by atoms with Crippen molar-refractivity contribution < 1.29 is 0 Å². The lowest BCUT2D eigenvalue weighted by molar-refractivity contribution is 0.665. The minimum atomic E-state index is 0.523. The Morgan fingerprint density at radius 1 is 1.47 bits per heavy atom. The van der Waals surface area contributed by atoms with Crippen LogP contribution < -0.4 is 5.73 Å². The van der Waals surface area contributed by atoms with Crippen LogP contribution in [-0.2, 0) is 0 Å². The van der Waals surface area contributed by atoms with E-state index in [1.165, 1.54) is 0 Å². The van der Waals surface area contributed by atoms with Crippen LogP contribution >= 0.6 is 0 Å². The molecule has 0 saturated carbocycles. The molecule has 0 fully saturated rings.